The van der Waals surface area contributed by atoms with Crippen LogP contribution in [0.4, 0.5) is 5.13 Å². The van der Waals surface area contributed by atoms with Crippen molar-refractivity contribution in [3.8, 4) is 0 Å². The van der Waals surface area contributed by atoms with Crippen LogP contribution in [0.3, 0.4) is 0 Å². The highest BCUT2D eigenvalue weighted by molar-refractivity contribution is 9.10. The van der Waals surface area contributed by atoms with Crippen LogP contribution in [0.15, 0.2) is 58.1 Å². The van der Waals surface area contributed by atoms with Gasteiger partial charge in [-0.1, -0.05) is 57.6 Å². The zero-order chi connectivity index (χ0) is 16.9. The van der Waals surface area contributed by atoms with Crippen molar-refractivity contribution in [2.24, 2.45) is 5.10 Å². The minimum absolute atomic E-state index is 0.224. The highest BCUT2D eigenvalue weighted by Crippen LogP contribution is 2.25. The number of nitrogens with one attached hydrogen (secondary N) is 2. The summed E-state index contributed by atoms with van der Waals surface area (Å²) in [4.78, 5) is 16.6. The van der Waals surface area contributed by atoms with Gasteiger partial charge in [-0.25, -0.2) is 10.4 Å². The summed E-state index contributed by atoms with van der Waals surface area (Å²) in [5.74, 6) is -0.224. The minimum atomic E-state index is -0.443. The second kappa shape index (κ2) is 7.55. The number of thiazole rings is 1. The van der Waals surface area contributed by atoms with Crippen LogP contribution in [-0.2, 0) is 4.79 Å². The Morgan fingerprint density at radius 1 is 1.25 bits per heavy atom. The lowest BCUT2D eigenvalue weighted by atomic mass is 10.2. The summed E-state index contributed by atoms with van der Waals surface area (Å²) in [7, 11) is 0. The third-order valence-corrected chi connectivity index (χ3v) is 5.00. The Bertz CT molecular complexity index is 860. The summed E-state index contributed by atoms with van der Waals surface area (Å²) in [6.07, 6.45) is 1.60. The molecule has 0 saturated carbocycles. The molecule has 2 aromatic carbocycles. The molecule has 3 rings (SSSR count). The Hall–Kier alpha value is -2.25. The van der Waals surface area contributed by atoms with Crippen molar-refractivity contribution in [1.29, 1.82) is 0 Å². The van der Waals surface area contributed by atoms with Gasteiger partial charge < -0.3 is 5.32 Å². The molecule has 122 valence electrons. The lowest BCUT2D eigenvalue weighted by molar-refractivity contribution is -0.121. The van der Waals surface area contributed by atoms with Gasteiger partial charge in [0.25, 0.3) is 5.91 Å². The van der Waals surface area contributed by atoms with E-state index in [-0.39, 0.29) is 5.91 Å². The number of amides is 1. The van der Waals surface area contributed by atoms with Gasteiger partial charge in [-0.3, -0.25) is 4.79 Å². The average molecular weight is 403 g/mol. The Morgan fingerprint density at radius 2 is 2.00 bits per heavy atom. The molecule has 0 unspecified atom stereocenters. The van der Waals surface area contributed by atoms with E-state index in [1.807, 2.05) is 48.5 Å². The van der Waals surface area contributed by atoms with E-state index >= 15 is 0 Å². The smallest absolute Gasteiger partial charge is 0.262 e. The fourth-order valence-electron chi connectivity index (χ4n) is 2.03. The van der Waals surface area contributed by atoms with Crippen LogP contribution >= 0.6 is 27.3 Å². The molecule has 0 aliphatic rings. The Morgan fingerprint density at radius 3 is 2.79 bits per heavy atom. The number of benzene rings is 2. The number of halogens is 1. The summed E-state index contributed by atoms with van der Waals surface area (Å²) in [6, 6.07) is 15.1. The molecule has 7 heteroatoms. The van der Waals surface area contributed by atoms with E-state index in [2.05, 4.69) is 36.8 Å². The number of nitrogens with zero attached hydrogens (tertiary/aromatic N) is 2. The van der Waals surface area contributed by atoms with E-state index in [0.29, 0.717) is 5.13 Å². The number of carbonyl (C=O) groups excluding carboxylic acids is 1. The van der Waals surface area contributed by atoms with Gasteiger partial charge in [-0.2, -0.15) is 5.10 Å². The van der Waals surface area contributed by atoms with Crippen LogP contribution in [-0.4, -0.2) is 23.1 Å². The molecule has 1 heterocycles. The van der Waals surface area contributed by atoms with Crippen molar-refractivity contribution in [3.63, 3.8) is 0 Å². The minimum Gasteiger partial charge on any atom is -0.350 e. The van der Waals surface area contributed by atoms with Crippen molar-refractivity contribution in [2.75, 3.05) is 5.32 Å². The maximum Gasteiger partial charge on any atom is 0.262 e. The van der Waals surface area contributed by atoms with E-state index in [0.717, 1.165) is 20.3 Å². The molecule has 5 nitrogen and oxygen atoms in total. The Balaban J connectivity index is 1.59. The number of para-hydroxylation sites is 1. The standard InChI is InChI=1S/C17H15BrN4OS/c1-11(20-17-21-14-8-4-5-9-15(14)24-17)16(23)22-19-10-12-6-2-3-7-13(12)18/h2-11H,1H3,(H,20,21)(H,22,23)/b19-10-/t11-/m0/s1. The quantitative estimate of drug-likeness (QED) is 0.500. The molecular weight excluding hydrogens is 388 g/mol. The normalized spacial score (nSPS) is 12.4. The maximum absolute atomic E-state index is 12.1. The molecule has 0 fully saturated rings. The predicted molar refractivity (Wildman–Crippen MR) is 103 cm³/mol. The molecule has 24 heavy (non-hydrogen) atoms. The Labute approximate surface area is 151 Å². The van der Waals surface area contributed by atoms with Crippen LogP contribution < -0.4 is 10.7 Å². The average Bonchev–Trinajstić information content (AvgIpc) is 2.98. The highest BCUT2D eigenvalue weighted by atomic mass is 79.9. The summed E-state index contributed by atoms with van der Waals surface area (Å²) >= 11 is 4.95. The first kappa shape index (κ1) is 16.6. The first-order valence-corrected chi connectivity index (χ1v) is 8.94. The number of rotatable bonds is 5. The molecule has 0 aliphatic carbocycles. The zero-order valence-electron chi connectivity index (χ0n) is 12.9. The second-order valence-corrected chi connectivity index (χ2v) is 6.99. The first-order chi connectivity index (χ1) is 11.6. The number of hydrogen-bond donors (Lipinski definition) is 2. The SMILES string of the molecule is C[C@H](Nc1nc2ccccc2s1)C(=O)N/N=C\c1ccccc1Br. The molecule has 2 N–H and O–H groups in total. The van der Waals surface area contributed by atoms with Crippen molar-refractivity contribution in [3.05, 3.63) is 58.6 Å². The number of hydrogen-bond acceptors (Lipinski definition) is 5. The molecular formula is C17H15BrN4OS. The van der Waals surface area contributed by atoms with Crippen LogP contribution in [0.1, 0.15) is 12.5 Å². The Kier molecular flexibility index (Phi) is 5.22. The van der Waals surface area contributed by atoms with Crippen molar-refractivity contribution >= 4 is 54.7 Å². The van der Waals surface area contributed by atoms with Gasteiger partial charge in [0.2, 0.25) is 0 Å². The number of aromatic nitrogens is 1. The molecule has 0 aliphatic heterocycles. The number of fused-ring (bicyclic) bond motifs is 1. The maximum atomic E-state index is 12.1. The molecule has 0 bridgehead atoms. The molecule has 1 aromatic heterocycles. The predicted octanol–water partition coefficient (Wildman–Crippen LogP) is 4.01. The molecule has 3 aromatic rings. The summed E-state index contributed by atoms with van der Waals surface area (Å²) < 4.78 is 2.00. The van der Waals surface area contributed by atoms with E-state index in [1.54, 1.807) is 13.1 Å². The number of hydrazone groups is 1. The van der Waals surface area contributed by atoms with E-state index in [9.17, 15) is 4.79 Å². The number of anilines is 1. The third-order valence-electron chi connectivity index (χ3n) is 3.31. The molecule has 0 saturated heterocycles. The summed E-state index contributed by atoms with van der Waals surface area (Å²) in [5, 5.41) is 7.82. The largest absolute Gasteiger partial charge is 0.350 e. The monoisotopic (exact) mass is 402 g/mol. The lowest BCUT2D eigenvalue weighted by Gasteiger charge is -2.10. The van der Waals surface area contributed by atoms with Gasteiger partial charge in [0.1, 0.15) is 6.04 Å². The molecule has 0 radical (unpaired) electrons. The van der Waals surface area contributed by atoms with Gasteiger partial charge in [0.05, 0.1) is 16.4 Å². The highest BCUT2D eigenvalue weighted by Gasteiger charge is 2.14. The fourth-order valence-corrected chi connectivity index (χ4v) is 3.37. The van der Waals surface area contributed by atoms with Gasteiger partial charge in [0.15, 0.2) is 5.13 Å². The van der Waals surface area contributed by atoms with Gasteiger partial charge >= 0.3 is 0 Å². The van der Waals surface area contributed by atoms with Crippen LogP contribution in [0.25, 0.3) is 10.2 Å². The van der Waals surface area contributed by atoms with E-state index in [4.69, 9.17) is 0 Å². The topological polar surface area (TPSA) is 66.4 Å². The van der Waals surface area contributed by atoms with Crippen molar-refractivity contribution in [1.82, 2.24) is 10.4 Å². The van der Waals surface area contributed by atoms with Crippen molar-refractivity contribution < 1.29 is 4.79 Å². The van der Waals surface area contributed by atoms with Gasteiger partial charge in [-0.15, -0.1) is 0 Å². The molecule has 0 spiro atoms. The van der Waals surface area contributed by atoms with Crippen LogP contribution in [0.2, 0.25) is 0 Å². The molecule has 1 atom stereocenters. The summed E-state index contributed by atoms with van der Waals surface area (Å²) in [5.41, 5.74) is 4.35. The first-order valence-electron chi connectivity index (χ1n) is 7.33. The molecule has 1 amide bonds. The van der Waals surface area contributed by atoms with Crippen molar-refractivity contribution in [2.45, 2.75) is 13.0 Å². The van der Waals surface area contributed by atoms with Gasteiger partial charge in [0, 0.05) is 10.0 Å². The zero-order valence-corrected chi connectivity index (χ0v) is 15.3. The number of carbonyl (C=O) groups is 1. The van der Waals surface area contributed by atoms with Crippen LogP contribution in [0.5, 0.6) is 0 Å². The van der Waals surface area contributed by atoms with E-state index in [1.165, 1.54) is 11.3 Å². The van der Waals surface area contributed by atoms with Gasteiger partial charge in [-0.05, 0) is 25.1 Å². The van der Waals surface area contributed by atoms with E-state index < -0.39 is 6.04 Å². The second-order valence-electron chi connectivity index (χ2n) is 5.11. The third kappa shape index (κ3) is 3.98. The summed E-state index contributed by atoms with van der Waals surface area (Å²) in [6.45, 7) is 1.77. The fraction of sp³-hybridized carbons (Fsp3) is 0.118. The van der Waals surface area contributed by atoms with Crippen LogP contribution in [0, 0.1) is 0 Å². The lowest BCUT2D eigenvalue weighted by Crippen LogP contribution is -2.34.